The van der Waals surface area contributed by atoms with Gasteiger partial charge in [-0.1, -0.05) is 0 Å². The molecule has 0 atom stereocenters. The van der Waals surface area contributed by atoms with Crippen LogP contribution in [0.1, 0.15) is 17.3 Å². The maximum atomic E-state index is 5.77. The van der Waals surface area contributed by atoms with Crippen LogP contribution in [0.15, 0.2) is 12.4 Å². The Bertz CT molecular complexity index is 604. The Labute approximate surface area is 110 Å². The predicted octanol–water partition coefficient (Wildman–Crippen LogP) is 1.19. The molecule has 0 unspecified atom stereocenters. The maximum absolute atomic E-state index is 5.77. The summed E-state index contributed by atoms with van der Waals surface area (Å²) >= 11 is 0. The average molecular weight is 260 g/mol. The van der Waals surface area contributed by atoms with E-state index in [1.807, 2.05) is 18.5 Å². The highest BCUT2D eigenvalue weighted by Crippen LogP contribution is 2.24. The molecule has 1 aliphatic rings. The normalized spacial score (nSPS) is 15.3. The second kappa shape index (κ2) is 4.51. The number of aromatic nitrogens is 4. The molecule has 0 bridgehead atoms. The van der Waals surface area contributed by atoms with Crippen molar-refractivity contribution in [2.45, 2.75) is 19.9 Å². The summed E-state index contributed by atoms with van der Waals surface area (Å²) in [6, 6.07) is 0.333. The fourth-order valence-corrected chi connectivity index (χ4v) is 1.91. The number of hydrogen-bond donors (Lipinski definition) is 2. The first-order valence-corrected chi connectivity index (χ1v) is 6.13. The van der Waals surface area contributed by atoms with Crippen molar-refractivity contribution in [2.75, 3.05) is 24.3 Å². The number of nitrogens with one attached hydrogen (secondary N) is 1. The van der Waals surface area contributed by atoms with Crippen molar-refractivity contribution in [3.05, 3.63) is 23.7 Å². The first-order chi connectivity index (χ1) is 9.15. The summed E-state index contributed by atoms with van der Waals surface area (Å²) in [4.78, 5) is 8.39. The highest BCUT2D eigenvalue weighted by Gasteiger charge is 2.23. The van der Waals surface area contributed by atoms with E-state index in [1.54, 1.807) is 12.4 Å². The summed E-state index contributed by atoms with van der Waals surface area (Å²) in [5, 5.41) is 7.50. The minimum atomic E-state index is 0.333. The van der Waals surface area contributed by atoms with Crippen LogP contribution in [0.25, 0.3) is 0 Å². The number of nitrogens with zero attached hydrogens (tertiary/aromatic N) is 4. The van der Waals surface area contributed by atoms with Crippen LogP contribution in [0.2, 0.25) is 0 Å². The SMILES string of the molecule is Cc1cnc(Nc2cnn(C3COC3)c2C)nc1N. The molecule has 0 aliphatic carbocycles. The van der Waals surface area contributed by atoms with Crippen LogP contribution < -0.4 is 11.1 Å². The molecule has 0 radical (unpaired) electrons. The quantitative estimate of drug-likeness (QED) is 0.861. The largest absolute Gasteiger partial charge is 0.383 e. The van der Waals surface area contributed by atoms with Gasteiger partial charge in [0.05, 0.1) is 36.8 Å². The van der Waals surface area contributed by atoms with Gasteiger partial charge in [-0.2, -0.15) is 10.1 Å². The van der Waals surface area contributed by atoms with E-state index in [9.17, 15) is 0 Å². The molecule has 3 rings (SSSR count). The summed E-state index contributed by atoms with van der Waals surface area (Å²) in [6.07, 6.45) is 3.47. The standard InChI is InChI=1S/C12H16N6O/c1-7-3-14-12(17-11(7)13)16-10-4-15-18(8(10)2)9-5-19-6-9/h3-4,9H,5-6H2,1-2H3,(H3,13,14,16,17). The molecule has 0 amide bonds. The molecule has 3 heterocycles. The van der Waals surface area contributed by atoms with E-state index in [4.69, 9.17) is 10.5 Å². The molecule has 0 aromatic carbocycles. The predicted molar refractivity (Wildman–Crippen MR) is 71.3 cm³/mol. The number of aryl methyl sites for hydroxylation is 1. The Morgan fingerprint density at radius 2 is 2.16 bits per heavy atom. The zero-order valence-corrected chi connectivity index (χ0v) is 10.9. The van der Waals surface area contributed by atoms with Crippen molar-refractivity contribution in [1.82, 2.24) is 19.7 Å². The molecule has 0 spiro atoms. The third-order valence-corrected chi connectivity index (χ3v) is 3.27. The van der Waals surface area contributed by atoms with Gasteiger partial charge in [-0.15, -0.1) is 0 Å². The molecule has 2 aromatic rings. The second-order valence-electron chi connectivity index (χ2n) is 4.67. The van der Waals surface area contributed by atoms with Crippen LogP contribution in [0.4, 0.5) is 17.5 Å². The topological polar surface area (TPSA) is 90.9 Å². The molecule has 1 saturated heterocycles. The third-order valence-electron chi connectivity index (χ3n) is 3.27. The monoisotopic (exact) mass is 260 g/mol. The Kier molecular flexibility index (Phi) is 2.83. The third kappa shape index (κ3) is 2.12. The summed E-state index contributed by atoms with van der Waals surface area (Å²) < 4.78 is 7.14. The number of nitrogens with two attached hydrogens (primary N) is 1. The number of hydrogen-bond acceptors (Lipinski definition) is 6. The van der Waals surface area contributed by atoms with Crippen LogP contribution in [0.3, 0.4) is 0 Å². The van der Waals surface area contributed by atoms with Crippen molar-refractivity contribution in [1.29, 1.82) is 0 Å². The first kappa shape index (κ1) is 11.9. The van der Waals surface area contributed by atoms with Gasteiger partial charge in [0.15, 0.2) is 0 Å². The van der Waals surface area contributed by atoms with Crippen molar-refractivity contribution in [3.8, 4) is 0 Å². The van der Waals surface area contributed by atoms with Gasteiger partial charge >= 0.3 is 0 Å². The lowest BCUT2D eigenvalue weighted by atomic mass is 10.2. The van der Waals surface area contributed by atoms with Gasteiger partial charge in [-0.3, -0.25) is 4.68 Å². The minimum absolute atomic E-state index is 0.333. The van der Waals surface area contributed by atoms with E-state index in [0.29, 0.717) is 17.8 Å². The second-order valence-corrected chi connectivity index (χ2v) is 4.67. The van der Waals surface area contributed by atoms with E-state index in [2.05, 4.69) is 20.4 Å². The molecular weight excluding hydrogens is 244 g/mol. The summed E-state index contributed by atoms with van der Waals surface area (Å²) in [5.41, 5.74) is 8.56. The first-order valence-electron chi connectivity index (χ1n) is 6.13. The number of ether oxygens (including phenoxy) is 1. The van der Waals surface area contributed by atoms with E-state index >= 15 is 0 Å². The van der Waals surface area contributed by atoms with E-state index < -0.39 is 0 Å². The fraction of sp³-hybridized carbons (Fsp3) is 0.417. The van der Waals surface area contributed by atoms with Crippen molar-refractivity contribution < 1.29 is 4.74 Å². The van der Waals surface area contributed by atoms with Crippen molar-refractivity contribution in [2.24, 2.45) is 0 Å². The Balaban J connectivity index is 1.82. The molecule has 7 heteroatoms. The lowest BCUT2D eigenvalue weighted by Gasteiger charge is -2.27. The molecule has 100 valence electrons. The summed E-state index contributed by atoms with van der Waals surface area (Å²) in [7, 11) is 0. The summed E-state index contributed by atoms with van der Waals surface area (Å²) in [5.74, 6) is 0.963. The van der Waals surface area contributed by atoms with Gasteiger partial charge < -0.3 is 15.8 Å². The van der Waals surface area contributed by atoms with Crippen LogP contribution in [-0.2, 0) is 4.74 Å². The molecular formula is C12H16N6O. The van der Waals surface area contributed by atoms with Crippen LogP contribution in [0.5, 0.6) is 0 Å². The molecule has 1 aliphatic heterocycles. The van der Waals surface area contributed by atoms with Gasteiger partial charge in [0.1, 0.15) is 5.82 Å². The minimum Gasteiger partial charge on any atom is -0.383 e. The van der Waals surface area contributed by atoms with E-state index in [1.165, 1.54) is 0 Å². The van der Waals surface area contributed by atoms with Gasteiger partial charge in [0.2, 0.25) is 5.95 Å². The van der Waals surface area contributed by atoms with Crippen molar-refractivity contribution in [3.63, 3.8) is 0 Å². The molecule has 2 aromatic heterocycles. The Morgan fingerprint density at radius 1 is 1.37 bits per heavy atom. The molecule has 19 heavy (non-hydrogen) atoms. The van der Waals surface area contributed by atoms with E-state index in [-0.39, 0.29) is 0 Å². The van der Waals surface area contributed by atoms with Gasteiger partial charge in [-0.25, -0.2) is 4.98 Å². The van der Waals surface area contributed by atoms with Gasteiger partial charge in [0.25, 0.3) is 0 Å². The number of rotatable bonds is 3. The average Bonchev–Trinajstić information content (AvgIpc) is 2.65. The fourth-order valence-electron chi connectivity index (χ4n) is 1.91. The number of anilines is 3. The van der Waals surface area contributed by atoms with Gasteiger partial charge in [-0.05, 0) is 13.8 Å². The number of nitrogen functional groups attached to an aromatic ring is 1. The molecule has 1 fully saturated rings. The highest BCUT2D eigenvalue weighted by molar-refractivity contribution is 5.56. The molecule has 0 saturated carbocycles. The Hall–Kier alpha value is -2.15. The zero-order valence-electron chi connectivity index (χ0n) is 10.9. The molecule has 3 N–H and O–H groups in total. The lowest BCUT2D eigenvalue weighted by molar-refractivity contribution is -0.0294. The lowest BCUT2D eigenvalue weighted by Crippen LogP contribution is -2.32. The Morgan fingerprint density at radius 3 is 2.79 bits per heavy atom. The van der Waals surface area contributed by atoms with Crippen LogP contribution >= 0.6 is 0 Å². The highest BCUT2D eigenvalue weighted by atomic mass is 16.5. The van der Waals surface area contributed by atoms with Crippen molar-refractivity contribution >= 4 is 17.5 Å². The zero-order chi connectivity index (χ0) is 13.4. The van der Waals surface area contributed by atoms with Crippen LogP contribution in [0, 0.1) is 13.8 Å². The summed E-state index contributed by atoms with van der Waals surface area (Å²) in [6.45, 7) is 5.32. The van der Waals surface area contributed by atoms with E-state index in [0.717, 1.165) is 30.2 Å². The smallest absolute Gasteiger partial charge is 0.229 e. The molecule has 7 nitrogen and oxygen atoms in total. The maximum Gasteiger partial charge on any atom is 0.229 e. The van der Waals surface area contributed by atoms with Crippen LogP contribution in [-0.4, -0.2) is 33.0 Å². The van der Waals surface area contributed by atoms with Gasteiger partial charge in [0, 0.05) is 11.8 Å².